The number of carbonyl (C=O) groups excluding carboxylic acids is 1. The summed E-state index contributed by atoms with van der Waals surface area (Å²) in [7, 11) is 1.56. The van der Waals surface area contributed by atoms with Crippen molar-refractivity contribution in [3.05, 3.63) is 22.2 Å². The van der Waals surface area contributed by atoms with E-state index >= 15 is 0 Å². The first-order chi connectivity index (χ1) is 9.65. The molecular weight excluding hydrogens is 360 g/mol. The van der Waals surface area contributed by atoms with E-state index in [-0.39, 0.29) is 24.4 Å². The van der Waals surface area contributed by atoms with Gasteiger partial charge in [0.1, 0.15) is 0 Å². The molecule has 5 nitrogen and oxygen atoms in total. The van der Waals surface area contributed by atoms with E-state index in [1.54, 1.807) is 19.2 Å². The predicted octanol–water partition coefficient (Wildman–Crippen LogP) is 2.37. The Balaban J connectivity index is 0.00000220. The molecule has 0 saturated carbocycles. The van der Waals surface area contributed by atoms with Crippen LogP contribution in [0.25, 0.3) is 0 Å². The van der Waals surface area contributed by atoms with Gasteiger partial charge in [0, 0.05) is 18.2 Å². The number of ether oxygens (including phenoxy) is 2. The molecule has 1 heterocycles. The van der Waals surface area contributed by atoms with E-state index in [9.17, 15) is 4.79 Å². The number of rotatable bonds is 5. The van der Waals surface area contributed by atoms with Crippen molar-refractivity contribution in [1.82, 2.24) is 10.6 Å². The summed E-state index contributed by atoms with van der Waals surface area (Å²) in [6.45, 7) is 4.20. The van der Waals surface area contributed by atoms with Crippen molar-refractivity contribution in [2.75, 3.05) is 26.8 Å². The minimum atomic E-state index is -0.0965. The molecule has 0 bridgehead atoms. The number of benzene rings is 1. The van der Waals surface area contributed by atoms with Crippen molar-refractivity contribution >= 4 is 34.2 Å². The van der Waals surface area contributed by atoms with Crippen LogP contribution in [0.15, 0.2) is 16.6 Å². The second kappa shape index (κ2) is 8.46. The van der Waals surface area contributed by atoms with Crippen LogP contribution < -0.4 is 20.1 Å². The first-order valence-electron chi connectivity index (χ1n) is 6.67. The van der Waals surface area contributed by atoms with Gasteiger partial charge in [-0.1, -0.05) is 0 Å². The van der Waals surface area contributed by atoms with Crippen LogP contribution >= 0.6 is 28.3 Å². The number of hydrogen-bond donors (Lipinski definition) is 2. The molecule has 1 aliphatic rings. The fourth-order valence-corrected chi connectivity index (χ4v) is 2.74. The first kappa shape index (κ1) is 18.1. The van der Waals surface area contributed by atoms with Crippen molar-refractivity contribution in [3.63, 3.8) is 0 Å². The van der Waals surface area contributed by atoms with Crippen molar-refractivity contribution in [3.8, 4) is 11.5 Å². The van der Waals surface area contributed by atoms with E-state index in [1.807, 2.05) is 6.92 Å². The number of nitrogens with one attached hydrogen (secondary N) is 2. The van der Waals surface area contributed by atoms with Gasteiger partial charge < -0.3 is 20.1 Å². The molecule has 1 saturated heterocycles. The van der Waals surface area contributed by atoms with Gasteiger partial charge in [0.15, 0.2) is 11.5 Å². The molecule has 7 heteroatoms. The SMILES string of the molecule is CCOc1c(Br)cc(C(=O)NC2CCNC2)cc1OC.Cl. The highest BCUT2D eigenvalue weighted by molar-refractivity contribution is 9.10. The molecule has 0 radical (unpaired) electrons. The number of hydrogen-bond acceptors (Lipinski definition) is 4. The molecule has 0 aromatic heterocycles. The first-order valence-corrected chi connectivity index (χ1v) is 7.47. The summed E-state index contributed by atoms with van der Waals surface area (Å²) in [5.41, 5.74) is 0.559. The van der Waals surface area contributed by atoms with Crippen molar-refractivity contribution < 1.29 is 14.3 Å². The lowest BCUT2D eigenvalue weighted by Crippen LogP contribution is -2.36. The number of carbonyl (C=O) groups is 1. The van der Waals surface area contributed by atoms with Gasteiger partial charge in [-0.05, 0) is 48.0 Å². The largest absolute Gasteiger partial charge is 0.493 e. The highest BCUT2D eigenvalue weighted by Crippen LogP contribution is 2.36. The molecule has 1 aromatic carbocycles. The monoisotopic (exact) mass is 378 g/mol. The fourth-order valence-electron chi connectivity index (χ4n) is 2.18. The lowest BCUT2D eigenvalue weighted by Gasteiger charge is -2.15. The van der Waals surface area contributed by atoms with Gasteiger partial charge in [-0.3, -0.25) is 4.79 Å². The molecular formula is C14H20BrClN2O3. The quantitative estimate of drug-likeness (QED) is 0.824. The third-order valence-electron chi connectivity index (χ3n) is 3.18. The third kappa shape index (κ3) is 4.49. The summed E-state index contributed by atoms with van der Waals surface area (Å²) in [5.74, 6) is 1.07. The van der Waals surface area contributed by atoms with Gasteiger partial charge in [0.25, 0.3) is 5.91 Å². The minimum Gasteiger partial charge on any atom is -0.493 e. The molecule has 1 unspecified atom stereocenters. The van der Waals surface area contributed by atoms with Crippen molar-refractivity contribution in [2.45, 2.75) is 19.4 Å². The van der Waals surface area contributed by atoms with E-state index in [4.69, 9.17) is 9.47 Å². The molecule has 118 valence electrons. The second-order valence-corrected chi connectivity index (χ2v) is 5.44. The van der Waals surface area contributed by atoms with Gasteiger partial charge in [-0.15, -0.1) is 12.4 Å². The molecule has 1 aromatic rings. The number of halogens is 2. The lowest BCUT2D eigenvalue weighted by molar-refractivity contribution is 0.0939. The summed E-state index contributed by atoms with van der Waals surface area (Å²) in [5, 5.41) is 6.23. The Morgan fingerprint density at radius 2 is 2.29 bits per heavy atom. The standard InChI is InChI=1S/C14H19BrN2O3.ClH/c1-3-20-13-11(15)6-9(7-12(13)19-2)14(18)17-10-4-5-16-8-10;/h6-7,10,16H,3-5,8H2,1-2H3,(H,17,18);1H. The van der Waals surface area contributed by atoms with Crippen LogP contribution in [0.5, 0.6) is 11.5 Å². The van der Waals surface area contributed by atoms with Gasteiger partial charge in [-0.25, -0.2) is 0 Å². The molecule has 1 fully saturated rings. The van der Waals surface area contributed by atoms with Crippen LogP contribution in [-0.4, -0.2) is 38.8 Å². The van der Waals surface area contributed by atoms with E-state index < -0.39 is 0 Å². The summed E-state index contributed by atoms with van der Waals surface area (Å²) >= 11 is 3.42. The molecule has 1 atom stereocenters. The summed E-state index contributed by atoms with van der Waals surface area (Å²) in [6, 6.07) is 3.65. The smallest absolute Gasteiger partial charge is 0.251 e. The van der Waals surface area contributed by atoms with Gasteiger partial charge in [0.2, 0.25) is 0 Å². The van der Waals surface area contributed by atoms with Crippen LogP contribution in [0, 0.1) is 0 Å². The molecule has 1 amide bonds. The third-order valence-corrected chi connectivity index (χ3v) is 3.76. The number of methoxy groups -OCH3 is 1. The zero-order valence-corrected chi connectivity index (χ0v) is 14.5. The Kier molecular flexibility index (Phi) is 7.28. The molecule has 0 spiro atoms. The van der Waals surface area contributed by atoms with E-state index in [0.717, 1.165) is 19.5 Å². The van der Waals surface area contributed by atoms with E-state index in [2.05, 4.69) is 26.6 Å². The average molecular weight is 380 g/mol. The normalized spacial score (nSPS) is 17.0. The van der Waals surface area contributed by atoms with Crippen molar-refractivity contribution in [1.29, 1.82) is 0 Å². The highest BCUT2D eigenvalue weighted by atomic mass is 79.9. The molecule has 2 N–H and O–H groups in total. The van der Waals surface area contributed by atoms with E-state index in [1.165, 1.54) is 0 Å². The Morgan fingerprint density at radius 3 is 2.86 bits per heavy atom. The minimum absolute atomic E-state index is 0. The predicted molar refractivity (Wildman–Crippen MR) is 87.9 cm³/mol. The van der Waals surface area contributed by atoms with Crippen LogP contribution in [0.3, 0.4) is 0 Å². The van der Waals surface area contributed by atoms with Crippen LogP contribution in [0.2, 0.25) is 0 Å². The maximum Gasteiger partial charge on any atom is 0.251 e. The summed E-state index contributed by atoms with van der Waals surface area (Å²) in [4.78, 5) is 12.2. The molecule has 21 heavy (non-hydrogen) atoms. The van der Waals surface area contributed by atoms with Crippen LogP contribution in [0.1, 0.15) is 23.7 Å². The maximum atomic E-state index is 12.2. The highest BCUT2D eigenvalue weighted by Gasteiger charge is 2.20. The van der Waals surface area contributed by atoms with Gasteiger partial charge in [0.05, 0.1) is 18.2 Å². The van der Waals surface area contributed by atoms with Gasteiger partial charge in [-0.2, -0.15) is 0 Å². The molecule has 2 rings (SSSR count). The Morgan fingerprint density at radius 1 is 1.52 bits per heavy atom. The van der Waals surface area contributed by atoms with Crippen molar-refractivity contribution in [2.24, 2.45) is 0 Å². The molecule has 1 aliphatic heterocycles. The summed E-state index contributed by atoms with van der Waals surface area (Å²) in [6.07, 6.45) is 0.959. The summed E-state index contributed by atoms with van der Waals surface area (Å²) < 4.78 is 11.5. The zero-order chi connectivity index (χ0) is 14.5. The van der Waals surface area contributed by atoms with Gasteiger partial charge >= 0.3 is 0 Å². The Hall–Kier alpha value is -0.980. The van der Waals surface area contributed by atoms with Crippen LogP contribution in [-0.2, 0) is 0 Å². The zero-order valence-electron chi connectivity index (χ0n) is 12.1. The maximum absolute atomic E-state index is 12.2. The lowest BCUT2D eigenvalue weighted by atomic mass is 10.1. The number of amides is 1. The average Bonchev–Trinajstić information content (AvgIpc) is 2.93. The fraction of sp³-hybridized carbons (Fsp3) is 0.500. The Labute approximate surface area is 139 Å². The second-order valence-electron chi connectivity index (χ2n) is 4.59. The topological polar surface area (TPSA) is 59.6 Å². The molecule has 0 aliphatic carbocycles. The Bertz CT molecular complexity index is 493. The van der Waals surface area contributed by atoms with Crippen LogP contribution in [0.4, 0.5) is 0 Å². The van der Waals surface area contributed by atoms with E-state index in [0.29, 0.717) is 28.1 Å².